The van der Waals surface area contributed by atoms with Gasteiger partial charge >= 0.3 is 0 Å². The van der Waals surface area contributed by atoms with E-state index in [0.717, 1.165) is 44.5 Å². The standard InChI is InChI=1S/C20H33N3O2/c1-3-11-22(12-4-2)15-17-5-7-18(8-6-17)20(24)23-13-14-25-19(16-23)9-10-21/h5-8,19H,3-4,9-16,21H2,1-2H3. The highest BCUT2D eigenvalue weighted by Crippen LogP contribution is 2.14. The van der Waals surface area contributed by atoms with Gasteiger partial charge in [-0.05, 0) is 56.6 Å². The zero-order chi connectivity index (χ0) is 18.1. The lowest BCUT2D eigenvalue weighted by Crippen LogP contribution is -2.46. The summed E-state index contributed by atoms with van der Waals surface area (Å²) < 4.78 is 5.66. The Kier molecular flexibility index (Phi) is 8.38. The number of rotatable bonds is 9. The quantitative estimate of drug-likeness (QED) is 0.746. The molecule has 1 atom stereocenters. The number of nitrogens with two attached hydrogens (primary N) is 1. The van der Waals surface area contributed by atoms with E-state index in [2.05, 4.69) is 30.9 Å². The SMILES string of the molecule is CCCN(CCC)Cc1ccc(C(=O)N2CCOC(CCN)C2)cc1. The molecule has 0 saturated carbocycles. The van der Waals surface area contributed by atoms with Crippen molar-refractivity contribution in [2.45, 2.75) is 45.8 Å². The van der Waals surface area contributed by atoms with Gasteiger partial charge in [0, 0.05) is 25.2 Å². The zero-order valence-corrected chi connectivity index (χ0v) is 15.7. The van der Waals surface area contributed by atoms with Crippen molar-refractivity contribution in [3.63, 3.8) is 0 Å². The van der Waals surface area contributed by atoms with Crippen LogP contribution in [0.25, 0.3) is 0 Å². The van der Waals surface area contributed by atoms with Gasteiger partial charge in [0.1, 0.15) is 0 Å². The minimum Gasteiger partial charge on any atom is -0.374 e. The summed E-state index contributed by atoms with van der Waals surface area (Å²) >= 11 is 0. The summed E-state index contributed by atoms with van der Waals surface area (Å²) in [7, 11) is 0. The molecule has 0 spiro atoms. The van der Waals surface area contributed by atoms with E-state index < -0.39 is 0 Å². The normalized spacial score (nSPS) is 17.9. The van der Waals surface area contributed by atoms with Crippen molar-refractivity contribution in [3.8, 4) is 0 Å². The molecule has 5 nitrogen and oxygen atoms in total. The third-order valence-corrected chi connectivity index (χ3v) is 4.60. The lowest BCUT2D eigenvalue weighted by Gasteiger charge is -2.33. The zero-order valence-electron chi connectivity index (χ0n) is 15.7. The Labute approximate surface area is 152 Å². The lowest BCUT2D eigenvalue weighted by molar-refractivity contribution is -0.0236. The van der Waals surface area contributed by atoms with Crippen LogP contribution in [0.1, 0.15) is 49.0 Å². The van der Waals surface area contributed by atoms with Gasteiger partial charge in [0.05, 0.1) is 12.7 Å². The summed E-state index contributed by atoms with van der Waals surface area (Å²) in [5, 5.41) is 0. The second-order valence-corrected chi connectivity index (χ2v) is 6.79. The van der Waals surface area contributed by atoms with Crippen LogP contribution in [-0.2, 0) is 11.3 Å². The maximum atomic E-state index is 12.7. The third kappa shape index (κ3) is 6.10. The Morgan fingerprint density at radius 1 is 1.24 bits per heavy atom. The molecule has 1 aliphatic heterocycles. The van der Waals surface area contributed by atoms with Gasteiger partial charge in [-0.25, -0.2) is 0 Å². The van der Waals surface area contributed by atoms with Crippen molar-refractivity contribution < 1.29 is 9.53 Å². The molecule has 0 aliphatic carbocycles. The van der Waals surface area contributed by atoms with Gasteiger partial charge in [-0.3, -0.25) is 9.69 Å². The predicted octanol–water partition coefficient (Wildman–Crippen LogP) is 2.50. The highest BCUT2D eigenvalue weighted by molar-refractivity contribution is 5.94. The van der Waals surface area contributed by atoms with Crippen molar-refractivity contribution in [1.82, 2.24) is 9.80 Å². The minimum absolute atomic E-state index is 0.0682. The molecular weight excluding hydrogens is 314 g/mol. The number of amides is 1. The first-order chi connectivity index (χ1) is 12.2. The second-order valence-electron chi connectivity index (χ2n) is 6.79. The fourth-order valence-electron chi connectivity index (χ4n) is 3.36. The molecule has 0 radical (unpaired) electrons. The summed E-state index contributed by atoms with van der Waals surface area (Å²) in [6.07, 6.45) is 3.20. The molecule has 1 fully saturated rings. The van der Waals surface area contributed by atoms with E-state index in [4.69, 9.17) is 10.5 Å². The van der Waals surface area contributed by atoms with Gasteiger partial charge in [0.15, 0.2) is 0 Å². The van der Waals surface area contributed by atoms with E-state index in [1.165, 1.54) is 5.56 Å². The summed E-state index contributed by atoms with van der Waals surface area (Å²) in [5.74, 6) is 0.0934. The van der Waals surface area contributed by atoms with Crippen LogP contribution in [0, 0.1) is 0 Å². The van der Waals surface area contributed by atoms with Crippen LogP contribution < -0.4 is 5.73 Å². The molecule has 25 heavy (non-hydrogen) atoms. The smallest absolute Gasteiger partial charge is 0.254 e. The first-order valence-electron chi connectivity index (χ1n) is 9.60. The summed E-state index contributed by atoms with van der Waals surface area (Å²) in [6.45, 7) is 10.1. The van der Waals surface area contributed by atoms with E-state index >= 15 is 0 Å². The molecule has 140 valence electrons. The predicted molar refractivity (Wildman–Crippen MR) is 102 cm³/mol. The Bertz CT molecular complexity index is 510. The molecule has 1 aromatic carbocycles. The Morgan fingerprint density at radius 3 is 2.52 bits per heavy atom. The second kappa shape index (κ2) is 10.5. The first kappa shape index (κ1) is 19.9. The highest BCUT2D eigenvalue weighted by Gasteiger charge is 2.24. The monoisotopic (exact) mass is 347 g/mol. The van der Waals surface area contributed by atoms with Gasteiger partial charge in [0.2, 0.25) is 0 Å². The molecule has 1 amide bonds. The lowest BCUT2D eigenvalue weighted by atomic mass is 10.1. The Balaban J connectivity index is 1.95. The highest BCUT2D eigenvalue weighted by atomic mass is 16.5. The third-order valence-electron chi connectivity index (χ3n) is 4.60. The maximum absolute atomic E-state index is 12.7. The number of carbonyl (C=O) groups is 1. The average Bonchev–Trinajstić information content (AvgIpc) is 2.63. The van der Waals surface area contributed by atoms with Gasteiger partial charge in [-0.1, -0.05) is 26.0 Å². The van der Waals surface area contributed by atoms with E-state index in [0.29, 0.717) is 26.2 Å². The number of nitrogens with zero attached hydrogens (tertiary/aromatic N) is 2. The van der Waals surface area contributed by atoms with Crippen molar-refractivity contribution in [3.05, 3.63) is 35.4 Å². The van der Waals surface area contributed by atoms with E-state index in [9.17, 15) is 4.79 Å². The maximum Gasteiger partial charge on any atom is 0.254 e. The van der Waals surface area contributed by atoms with E-state index in [-0.39, 0.29) is 12.0 Å². The number of hydrogen-bond donors (Lipinski definition) is 1. The molecule has 1 aromatic rings. The van der Waals surface area contributed by atoms with E-state index in [1.807, 2.05) is 17.0 Å². The van der Waals surface area contributed by atoms with Gasteiger partial charge in [-0.15, -0.1) is 0 Å². The van der Waals surface area contributed by atoms with Gasteiger partial charge < -0.3 is 15.4 Å². The van der Waals surface area contributed by atoms with Crippen LogP contribution in [0.15, 0.2) is 24.3 Å². The van der Waals surface area contributed by atoms with Crippen LogP contribution >= 0.6 is 0 Å². The largest absolute Gasteiger partial charge is 0.374 e. The fraction of sp³-hybridized carbons (Fsp3) is 0.650. The molecule has 1 unspecified atom stereocenters. The topological polar surface area (TPSA) is 58.8 Å². The number of benzene rings is 1. The van der Waals surface area contributed by atoms with Crippen molar-refractivity contribution in [1.29, 1.82) is 0 Å². The van der Waals surface area contributed by atoms with E-state index in [1.54, 1.807) is 0 Å². The molecule has 5 heteroatoms. The number of hydrogen-bond acceptors (Lipinski definition) is 4. The molecule has 0 bridgehead atoms. The summed E-state index contributed by atoms with van der Waals surface area (Å²) in [6, 6.07) is 8.09. The molecular formula is C20H33N3O2. The Hall–Kier alpha value is -1.43. The first-order valence-corrected chi connectivity index (χ1v) is 9.60. The fourth-order valence-corrected chi connectivity index (χ4v) is 3.36. The van der Waals surface area contributed by atoms with Gasteiger partial charge in [0.25, 0.3) is 5.91 Å². The summed E-state index contributed by atoms with van der Waals surface area (Å²) in [4.78, 5) is 17.1. The molecule has 1 aliphatic rings. The molecule has 0 aromatic heterocycles. The average molecular weight is 348 g/mol. The van der Waals surface area contributed by atoms with Crippen LogP contribution in [-0.4, -0.2) is 61.1 Å². The van der Waals surface area contributed by atoms with Crippen molar-refractivity contribution in [2.24, 2.45) is 5.73 Å². The molecule has 2 N–H and O–H groups in total. The van der Waals surface area contributed by atoms with Crippen LogP contribution in [0.4, 0.5) is 0 Å². The number of carbonyl (C=O) groups excluding carboxylic acids is 1. The Morgan fingerprint density at radius 2 is 1.92 bits per heavy atom. The van der Waals surface area contributed by atoms with Crippen molar-refractivity contribution >= 4 is 5.91 Å². The molecule has 1 saturated heterocycles. The number of ether oxygens (including phenoxy) is 1. The molecule has 1 heterocycles. The summed E-state index contributed by atoms with van der Waals surface area (Å²) in [5.41, 5.74) is 7.63. The number of morpholine rings is 1. The van der Waals surface area contributed by atoms with Crippen LogP contribution in [0.5, 0.6) is 0 Å². The minimum atomic E-state index is 0.0682. The van der Waals surface area contributed by atoms with Crippen LogP contribution in [0.3, 0.4) is 0 Å². The molecule has 2 rings (SSSR count). The van der Waals surface area contributed by atoms with Gasteiger partial charge in [-0.2, -0.15) is 0 Å². The van der Waals surface area contributed by atoms with Crippen molar-refractivity contribution in [2.75, 3.05) is 39.3 Å². The van der Waals surface area contributed by atoms with Crippen LogP contribution in [0.2, 0.25) is 0 Å².